The Kier molecular flexibility index (Phi) is 4.13. The molecule has 0 amide bonds. The van der Waals surface area contributed by atoms with Gasteiger partial charge in [0, 0.05) is 6.54 Å². The number of likely N-dealkylation sites (tertiary alicyclic amines) is 1. The summed E-state index contributed by atoms with van der Waals surface area (Å²) in [5.74, 6) is 2.15. The standard InChI is InChI=1S/C14H24N4O/c1-2-18-9-4-3-7-12(18)13-16-14(19-17-13)11-6-5-8-15-10-11/h11-12,15H,2-10H2,1H3. The highest BCUT2D eigenvalue weighted by Gasteiger charge is 2.29. The van der Waals surface area contributed by atoms with Crippen LogP contribution in [0.1, 0.15) is 62.7 Å². The van der Waals surface area contributed by atoms with E-state index in [4.69, 9.17) is 9.51 Å². The van der Waals surface area contributed by atoms with Crippen LogP contribution in [-0.4, -0.2) is 41.2 Å². The Balaban J connectivity index is 1.72. The average molecular weight is 264 g/mol. The zero-order valence-electron chi connectivity index (χ0n) is 11.8. The molecule has 1 aromatic heterocycles. The molecule has 3 rings (SSSR count). The first kappa shape index (κ1) is 13.1. The van der Waals surface area contributed by atoms with Crippen LogP contribution in [-0.2, 0) is 0 Å². The molecule has 106 valence electrons. The van der Waals surface area contributed by atoms with Crippen LogP contribution in [0, 0.1) is 0 Å². The fraction of sp³-hybridized carbons (Fsp3) is 0.857. The van der Waals surface area contributed by atoms with Gasteiger partial charge in [0.15, 0.2) is 5.82 Å². The molecule has 5 heteroatoms. The van der Waals surface area contributed by atoms with Gasteiger partial charge in [-0.1, -0.05) is 18.5 Å². The van der Waals surface area contributed by atoms with E-state index in [2.05, 4.69) is 22.3 Å². The van der Waals surface area contributed by atoms with Crippen molar-refractivity contribution in [3.63, 3.8) is 0 Å². The lowest BCUT2D eigenvalue weighted by molar-refractivity contribution is 0.147. The van der Waals surface area contributed by atoms with E-state index in [-0.39, 0.29) is 0 Å². The molecule has 2 saturated heterocycles. The van der Waals surface area contributed by atoms with E-state index < -0.39 is 0 Å². The van der Waals surface area contributed by atoms with E-state index in [9.17, 15) is 0 Å². The molecule has 2 fully saturated rings. The highest BCUT2D eigenvalue weighted by molar-refractivity contribution is 5.01. The predicted octanol–water partition coefficient (Wildman–Crippen LogP) is 2.08. The van der Waals surface area contributed by atoms with Crippen LogP contribution >= 0.6 is 0 Å². The van der Waals surface area contributed by atoms with Gasteiger partial charge in [0.1, 0.15) is 0 Å². The Morgan fingerprint density at radius 1 is 1.32 bits per heavy atom. The number of piperidine rings is 2. The third kappa shape index (κ3) is 2.82. The second-order valence-electron chi connectivity index (χ2n) is 5.67. The van der Waals surface area contributed by atoms with Crippen molar-refractivity contribution < 1.29 is 4.52 Å². The van der Waals surface area contributed by atoms with Crippen LogP contribution in [0.5, 0.6) is 0 Å². The van der Waals surface area contributed by atoms with Gasteiger partial charge < -0.3 is 9.84 Å². The summed E-state index contributed by atoms with van der Waals surface area (Å²) in [5.41, 5.74) is 0. The quantitative estimate of drug-likeness (QED) is 0.906. The third-order valence-electron chi connectivity index (χ3n) is 4.42. The molecule has 2 aliphatic heterocycles. The Labute approximate surface area is 114 Å². The molecule has 1 aromatic rings. The van der Waals surface area contributed by atoms with Crippen molar-refractivity contribution in [3.05, 3.63) is 11.7 Å². The molecule has 2 atom stereocenters. The van der Waals surface area contributed by atoms with Gasteiger partial charge in [-0.3, -0.25) is 4.90 Å². The molecule has 0 spiro atoms. The molecule has 1 N–H and O–H groups in total. The largest absolute Gasteiger partial charge is 0.339 e. The van der Waals surface area contributed by atoms with Crippen LogP contribution in [0.3, 0.4) is 0 Å². The highest BCUT2D eigenvalue weighted by atomic mass is 16.5. The first-order chi connectivity index (χ1) is 9.38. The first-order valence-corrected chi connectivity index (χ1v) is 7.66. The molecule has 2 aliphatic rings. The van der Waals surface area contributed by atoms with Gasteiger partial charge in [-0.05, 0) is 45.3 Å². The molecule has 0 radical (unpaired) electrons. The summed E-state index contributed by atoms with van der Waals surface area (Å²) < 4.78 is 5.52. The monoisotopic (exact) mass is 264 g/mol. The van der Waals surface area contributed by atoms with Crippen LogP contribution in [0.2, 0.25) is 0 Å². The van der Waals surface area contributed by atoms with E-state index in [0.29, 0.717) is 12.0 Å². The van der Waals surface area contributed by atoms with Crippen LogP contribution < -0.4 is 5.32 Å². The fourth-order valence-electron chi connectivity index (χ4n) is 3.27. The average Bonchev–Trinajstić information content (AvgIpc) is 2.98. The molecule has 0 aromatic carbocycles. The van der Waals surface area contributed by atoms with Gasteiger partial charge in [-0.25, -0.2) is 0 Å². The van der Waals surface area contributed by atoms with Crippen molar-refractivity contribution in [2.45, 2.75) is 51.0 Å². The molecule has 0 aliphatic carbocycles. The summed E-state index contributed by atoms with van der Waals surface area (Å²) in [5, 5.41) is 7.66. The molecular weight excluding hydrogens is 240 g/mol. The number of nitrogens with zero attached hydrogens (tertiary/aromatic N) is 3. The van der Waals surface area contributed by atoms with E-state index in [0.717, 1.165) is 50.7 Å². The second-order valence-corrected chi connectivity index (χ2v) is 5.67. The highest BCUT2D eigenvalue weighted by Crippen LogP contribution is 2.30. The van der Waals surface area contributed by atoms with Crippen LogP contribution in [0.4, 0.5) is 0 Å². The Bertz CT molecular complexity index is 400. The lowest BCUT2D eigenvalue weighted by atomic mass is 9.99. The first-order valence-electron chi connectivity index (χ1n) is 7.66. The zero-order chi connectivity index (χ0) is 13.1. The summed E-state index contributed by atoms with van der Waals surface area (Å²) in [4.78, 5) is 7.17. The maximum atomic E-state index is 5.52. The van der Waals surface area contributed by atoms with Crippen LogP contribution in [0.15, 0.2) is 4.52 Å². The fourth-order valence-corrected chi connectivity index (χ4v) is 3.27. The molecule has 0 bridgehead atoms. The molecule has 19 heavy (non-hydrogen) atoms. The maximum Gasteiger partial charge on any atom is 0.231 e. The van der Waals surface area contributed by atoms with E-state index in [1.165, 1.54) is 19.3 Å². The zero-order valence-corrected chi connectivity index (χ0v) is 11.8. The summed E-state index contributed by atoms with van der Waals surface area (Å²) in [6.07, 6.45) is 6.09. The van der Waals surface area contributed by atoms with E-state index in [1.807, 2.05) is 0 Å². The van der Waals surface area contributed by atoms with Gasteiger partial charge >= 0.3 is 0 Å². The van der Waals surface area contributed by atoms with Crippen molar-refractivity contribution in [3.8, 4) is 0 Å². The van der Waals surface area contributed by atoms with Crippen LogP contribution in [0.25, 0.3) is 0 Å². The van der Waals surface area contributed by atoms with Crippen molar-refractivity contribution in [2.24, 2.45) is 0 Å². The maximum absolute atomic E-state index is 5.52. The Hall–Kier alpha value is -0.940. The van der Waals surface area contributed by atoms with E-state index in [1.54, 1.807) is 0 Å². The number of rotatable bonds is 3. The summed E-state index contributed by atoms with van der Waals surface area (Å²) in [6, 6.07) is 0.368. The van der Waals surface area contributed by atoms with Gasteiger partial charge in [-0.15, -0.1) is 0 Å². The summed E-state index contributed by atoms with van der Waals surface area (Å²) >= 11 is 0. The SMILES string of the molecule is CCN1CCCCC1c1noc(C2CCCNC2)n1. The smallest absolute Gasteiger partial charge is 0.231 e. The minimum absolute atomic E-state index is 0.368. The minimum atomic E-state index is 0.368. The lowest BCUT2D eigenvalue weighted by Crippen LogP contribution is -2.33. The number of hydrogen-bond acceptors (Lipinski definition) is 5. The third-order valence-corrected chi connectivity index (χ3v) is 4.42. The second kappa shape index (κ2) is 6.01. The molecule has 5 nitrogen and oxygen atoms in total. The lowest BCUT2D eigenvalue weighted by Gasteiger charge is -2.32. The Morgan fingerprint density at radius 3 is 3.05 bits per heavy atom. The van der Waals surface area contributed by atoms with Crippen molar-refractivity contribution in [1.29, 1.82) is 0 Å². The molecule has 3 heterocycles. The summed E-state index contributed by atoms with van der Waals surface area (Å²) in [6.45, 7) is 6.54. The minimum Gasteiger partial charge on any atom is -0.339 e. The normalized spacial score (nSPS) is 29.5. The van der Waals surface area contributed by atoms with E-state index >= 15 is 0 Å². The molecule has 2 unspecified atom stereocenters. The predicted molar refractivity (Wildman–Crippen MR) is 73.0 cm³/mol. The van der Waals surface area contributed by atoms with Gasteiger partial charge in [0.25, 0.3) is 0 Å². The van der Waals surface area contributed by atoms with Gasteiger partial charge in [0.2, 0.25) is 5.89 Å². The molecular formula is C14H24N4O. The van der Waals surface area contributed by atoms with Crippen molar-refractivity contribution in [1.82, 2.24) is 20.4 Å². The van der Waals surface area contributed by atoms with Crippen molar-refractivity contribution in [2.75, 3.05) is 26.2 Å². The Morgan fingerprint density at radius 2 is 2.26 bits per heavy atom. The number of hydrogen-bond donors (Lipinski definition) is 1. The number of aromatic nitrogens is 2. The molecule has 0 saturated carbocycles. The topological polar surface area (TPSA) is 54.2 Å². The number of nitrogens with one attached hydrogen (secondary N) is 1. The summed E-state index contributed by atoms with van der Waals surface area (Å²) in [7, 11) is 0. The van der Waals surface area contributed by atoms with Gasteiger partial charge in [0.05, 0.1) is 12.0 Å². The van der Waals surface area contributed by atoms with Gasteiger partial charge in [-0.2, -0.15) is 4.98 Å². The van der Waals surface area contributed by atoms with Crippen molar-refractivity contribution >= 4 is 0 Å².